The Morgan fingerprint density at radius 1 is 0.977 bits per heavy atom. The molecular formula is C31H35N9O3. The third-order valence-corrected chi connectivity index (χ3v) is 7.64. The van der Waals surface area contributed by atoms with Gasteiger partial charge in [0.1, 0.15) is 17.2 Å². The molecule has 3 N–H and O–H groups in total. The maximum atomic E-state index is 13.2. The van der Waals surface area contributed by atoms with Crippen LogP contribution in [0.3, 0.4) is 0 Å². The van der Waals surface area contributed by atoms with Gasteiger partial charge in [-0.1, -0.05) is 18.4 Å². The monoisotopic (exact) mass is 581 g/mol. The third kappa shape index (κ3) is 6.79. The molecule has 0 saturated carbocycles. The molecule has 3 aromatic rings. The number of rotatable bonds is 3. The molecule has 2 amide bonds. The zero-order chi connectivity index (χ0) is 29.6. The van der Waals surface area contributed by atoms with Crippen molar-refractivity contribution < 1.29 is 14.3 Å². The lowest BCUT2D eigenvalue weighted by atomic mass is 10.2. The number of carbonyl (C=O) groups excluding carboxylic acids is 2. The number of amides is 2. The van der Waals surface area contributed by atoms with Crippen LogP contribution >= 0.6 is 0 Å². The lowest BCUT2D eigenvalue weighted by Gasteiger charge is -2.34. The molecule has 12 heteroatoms. The van der Waals surface area contributed by atoms with Crippen LogP contribution in [0.15, 0.2) is 42.6 Å². The van der Waals surface area contributed by atoms with Gasteiger partial charge in [0.25, 0.3) is 11.8 Å². The number of aromatic nitrogens is 3. The Hall–Kier alpha value is -4.89. The van der Waals surface area contributed by atoms with Gasteiger partial charge in [-0.05, 0) is 50.2 Å². The largest absolute Gasteiger partial charge is 0.480 e. The molecule has 0 spiro atoms. The highest BCUT2D eigenvalue weighted by Gasteiger charge is 2.27. The Bertz CT molecular complexity index is 1560. The lowest BCUT2D eigenvalue weighted by molar-refractivity contribution is -0.121. The van der Waals surface area contributed by atoms with E-state index in [1.165, 1.54) is 6.20 Å². The molecule has 12 nitrogen and oxygen atoms in total. The molecule has 1 fully saturated rings. The number of piperazine rings is 1. The van der Waals surface area contributed by atoms with E-state index in [0.717, 1.165) is 63.2 Å². The van der Waals surface area contributed by atoms with Gasteiger partial charge in [-0.3, -0.25) is 14.5 Å². The van der Waals surface area contributed by atoms with Crippen LogP contribution in [-0.2, 0) is 4.79 Å². The van der Waals surface area contributed by atoms with Crippen molar-refractivity contribution in [1.82, 2.24) is 25.2 Å². The normalized spacial score (nSPS) is 17.8. The van der Waals surface area contributed by atoms with Crippen molar-refractivity contribution in [2.45, 2.75) is 25.7 Å². The standard InChI is InChI=1S/C31H35N9O3/c1-38-15-17-39(18-16-38)23-10-8-9-22(19-23)34-31-33-20-24-28(37-31)35-26-12-11-25-29(36-26)40(27(41)21-43-25)14-7-5-3-2-4-6-13-32-30(24)42/h8-12,19-20H,2-3,5,7,13-18,21H2,1H3,(H,32,42)(H2,33,34,35,36,37). The van der Waals surface area contributed by atoms with Crippen LogP contribution in [0.25, 0.3) is 0 Å². The van der Waals surface area contributed by atoms with Crippen LogP contribution < -0.4 is 30.5 Å². The minimum Gasteiger partial charge on any atom is -0.480 e. The Kier molecular flexibility index (Phi) is 8.51. The molecule has 6 rings (SSSR count). The topological polar surface area (TPSA) is 128 Å². The second-order valence-electron chi connectivity index (χ2n) is 10.7. The Morgan fingerprint density at radius 2 is 1.86 bits per heavy atom. The van der Waals surface area contributed by atoms with Crippen LogP contribution in [0, 0.1) is 11.8 Å². The van der Waals surface area contributed by atoms with Gasteiger partial charge in [-0.2, -0.15) is 4.98 Å². The number of anilines is 6. The molecule has 43 heavy (non-hydrogen) atoms. The highest BCUT2D eigenvalue weighted by molar-refractivity contribution is 6.00. The summed E-state index contributed by atoms with van der Waals surface area (Å²) < 4.78 is 5.64. The summed E-state index contributed by atoms with van der Waals surface area (Å²) in [6.45, 7) is 4.68. The fraction of sp³-hybridized carbons (Fsp3) is 0.387. The first-order chi connectivity index (χ1) is 21.0. The van der Waals surface area contributed by atoms with Gasteiger partial charge in [0, 0.05) is 56.7 Å². The lowest BCUT2D eigenvalue weighted by Crippen LogP contribution is -2.44. The molecule has 1 saturated heterocycles. The number of likely N-dealkylation sites (N-methyl/N-ethyl adjacent to an activating group) is 1. The second kappa shape index (κ2) is 13.0. The van der Waals surface area contributed by atoms with Gasteiger partial charge in [0.2, 0.25) is 5.95 Å². The fourth-order valence-corrected chi connectivity index (χ4v) is 5.21. The van der Waals surface area contributed by atoms with E-state index in [1.807, 2.05) is 12.1 Å². The molecule has 3 aliphatic heterocycles. The van der Waals surface area contributed by atoms with Crippen LogP contribution in [0.2, 0.25) is 0 Å². The zero-order valence-electron chi connectivity index (χ0n) is 24.2. The number of benzene rings is 1. The molecule has 3 aliphatic rings. The Balaban J connectivity index is 1.30. The third-order valence-electron chi connectivity index (χ3n) is 7.64. The summed E-state index contributed by atoms with van der Waals surface area (Å²) in [7, 11) is 2.14. The second-order valence-corrected chi connectivity index (χ2v) is 10.7. The zero-order valence-corrected chi connectivity index (χ0v) is 24.2. The number of hydrogen-bond donors (Lipinski definition) is 3. The number of ether oxygens (including phenoxy) is 1. The minimum absolute atomic E-state index is 0.0196. The molecule has 0 unspecified atom stereocenters. The summed E-state index contributed by atoms with van der Waals surface area (Å²) >= 11 is 0. The van der Waals surface area contributed by atoms with Gasteiger partial charge in [0.15, 0.2) is 18.2 Å². The van der Waals surface area contributed by atoms with Crippen LogP contribution in [0.1, 0.15) is 36.0 Å². The van der Waals surface area contributed by atoms with Crippen molar-refractivity contribution in [3.8, 4) is 17.6 Å². The highest BCUT2D eigenvalue weighted by Crippen LogP contribution is 2.33. The first kappa shape index (κ1) is 28.2. The molecule has 0 atom stereocenters. The van der Waals surface area contributed by atoms with E-state index in [1.54, 1.807) is 17.0 Å². The van der Waals surface area contributed by atoms with Crippen molar-refractivity contribution in [3.05, 3.63) is 48.2 Å². The number of pyridine rings is 1. The molecule has 222 valence electrons. The molecule has 1 aromatic carbocycles. The van der Waals surface area contributed by atoms with E-state index in [-0.39, 0.29) is 36.3 Å². The first-order valence-electron chi connectivity index (χ1n) is 14.7. The molecule has 0 radical (unpaired) electrons. The van der Waals surface area contributed by atoms with E-state index in [4.69, 9.17) is 9.72 Å². The van der Waals surface area contributed by atoms with E-state index >= 15 is 0 Å². The summed E-state index contributed by atoms with van der Waals surface area (Å²) in [5.74, 6) is 7.62. The number of hydrogen-bond acceptors (Lipinski definition) is 10. The SMILES string of the molecule is CN1CCN(c2cccc(Nc3ncc4c(n3)Nc3ccc5c(n3)N(CCCCCC#CCNC4=O)C(=O)CO5)c2)CC1. The number of carbonyl (C=O) groups is 2. The van der Waals surface area contributed by atoms with Gasteiger partial charge >= 0.3 is 0 Å². The highest BCUT2D eigenvalue weighted by atomic mass is 16.5. The van der Waals surface area contributed by atoms with Crippen LogP contribution in [-0.4, -0.2) is 84.6 Å². The van der Waals surface area contributed by atoms with E-state index in [0.29, 0.717) is 29.9 Å². The maximum absolute atomic E-state index is 13.2. The van der Waals surface area contributed by atoms with Gasteiger partial charge in [-0.15, -0.1) is 5.92 Å². The molecule has 0 aliphatic carbocycles. The molecule has 5 heterocycles. The Labute approximate surface area is 250 Å². The quantitative estimate of drug-likeness (QED) is 0.397. The summed E-state index contributed by atoms with van der Waals surface area (Å²) in [6, 6.07) is 11.6. The summed E-state index contributed by atoms with van der Waals surface area (Å²) in [5, 5.41) is 9.31. The fourth-order valence-electron chi connectivity index (χ4n) is 5.21. The first-order valence-corrected chi connectivity index (χ1v) is 14.7. The van der Waals surface area contributed by atoms with Crippen molar-refractivity contribution in [2.75, 3.05) is 73.4 Å². The van der Waals surface area contributed by atoms with Gasteiger partial charge < -0.3 is 30.5 Å². The minimum atomic E-state index is -0.358. The summed E-state index contributed by atoms with van der Waals surface area (Å²) in [6.07, 6.45) is 4.86. The van der Waals surface area contributed by atoms with E-state index in [2.05, 4.69) is 66.7 Å². The van der Waals surface area contributed by atoms with Crippen molar-refractivity contribution >= 4 is 46.6 Å². The maximum Gasteiger partial charge on any atom is 0.266 e. The van der Waals surface area contributed by atoms with E-state index < -0.39 is 0 Å². The molecular weight excluding hydrogens is 546 g/mol. The predicted molar refractivity (Wildman–Crippen MR) is 165 cm³/mol. The number of fused-ring (bicyclic) bond motifs is 2. The van der Waals surface area contributed by atoms with Crippen LogP contribution in [0.5, 0.6) is 5.75 Å². The van der Waals surface area contributed by atoms with E-state index in [9.17, 15) is 9.59 Å². The average Bonchev–Trinajstić information content (AvgIpc) is 3.01. The van der Waals surface area contributed by atoms with Crippen LogP contribution in [0.4, 0.5) is 34.8 Å². The smallest absolute Gasteiger partial charge is 0.266 e. The van der Waals surface area contributed by atoms with Gasteiger partial charge in [-0.25, -0.2) is 9.97 Å². The Morgan fingerprint density at radius 3 is 2.74 bits per heavy atom. The van der Waals surface area contributed by atoms with Crippen molar-refractivity contribution in [3.63, 3.8) is 0 Å². The molecule has 2 bridgehead atoms. The molecule has 2 aromatic heterocycles. The van der Waals surface area contributed by atoms with Crippen molar-refractivity contribution in [1.29, 1.82) is 0 Å². The average molecular weight is 582 g/mol. The predicted octanol–water partition coefficient (Wildman–Crippen LogP) is 3.14. The summed E-state index contributed by atoms with van der Waals surface area (Å²) in [4.78, 5) is 46.1. The van der Waals surface area contributed by atoms with Crippen molar-refractivity contribution in [2.24, 2.45) is 0 Å². The van der Waals surface area contributed by atoms with Gasteiger partial charge in [0.05, 0.1) is 6.54 Å². The summed E-state index contributed by atoms with van der Waals surface area (Å²) in [5.41, 5.74) is 2.20. The number of nitrogens with one attached hydrogen (secondary N) is 3. The number of nitrogens with zero attached hydrogens (tertiary/aromatic N) is 6.